The van der Waals surface area contributed by atoms with E-state index in [1.165, 1.54) is 37.4 Å². The minimum Gasteiger partial charge on any atom is -0.508 e. The smallest absolute Gasteiger partial charge is 0.337 e. The Kier molecular flexibility index (Phi) is 4.14. The number of carboxylic acid groups (broad SMARTS) is 1. The molecule has 25 heavy (non-hydrogen) atoms. The molecule has 0 unspecified atom stereocenters. The number of esters is 1. The largest absolute Gasteiger partial charge is 0.508 e. The highest BCUT2D eigenvalue weighted by atomic mass is 16.5. The Balaban J connectivity index is 2.28. The van der Waals surface area contributed by atoms with E-state index in [1.54, 1.807) is 0 Å². The SMILES string of the molecule is COC(=O)c1ccc2oc3c(CCC(=O)O)c(O)ccc3c(=O)c2c1. The van der Waals surface area contributed by atoms with E-state index in [0.717, 1.165) is 0 Å². The summed E-state index contributed by atoms with van der Waals surface area (Å²) in [7, 11) is 1.24. The third kappa shape index (κ3) is 2.91. The van der Waals surface area contributed by atoms with E-state index in [4.69, 9.17) is 9.52 Å². The van der Waals surface area contributed by atoms with Crippen LogP contribution in [0.3, 0.4) is 0 Å². The predicted octanol–water partition coefficient (Wildman–Crippen LogP) is 2.46. The highest BCUT2D eigenvalue weighted by molar-refractivity contribution is 5.97. The van der Waals surface area contributed by atoms with Crippen LogP contribution in [0.5, 0.6) is 5.75 Å². The number of phenols is 1. The van der Waals surface area contributed by atoms with E-state index in [9.17, 15) is 19.5 Å². The quantitative estimate of drug-likeness (QED) is 0.553. The standard InChI is InChI=1S/C18H14O7/c1-24-18(23)9-2-6-14-12(8-9)16(22)11-3-5-13(19)10(17(11)25-14)4-7-15(20)21/h2-3,5-6,8,19H,4,7H2,1H3,(H,20,21). The number of carboxylic acids is 1. The number of phenolic OH excluding ortho intramolecular Hbond substituents is 1. The van der Waals surface area contributed by atoms with Gasteiger partial charge in [0.2, 0.25) is 5.43 Å². The van der Waals surface area contributed by atoms with Crippen molar-refractivity contribution >= 4 is 33.9 Å². The van der Waals surface area contributed by atoms with Crippen LogP contribution in [0.4, 0.5) is 0 Å². The van der Waals surface area contributed by atoms with Crippen LogP contribution in [0.2, 0.25) is 0 Å². The van der Waals surface area contributed by atoms with E-state index in [-0.39, 0.29) is 57.1 Å². The summed E-state index contributed by atoms with van der Waals surface area (Å²) in [6, 6.07) is 7.05. The Hall–Kier alpha value is -3.35. The number of carbonyl (C=O) groups is 2. The third-order valence-corrected chi connectivity index (χ3v) is 3.93. The molecule has 0 aliphatic carbocycles. The lowest BCUT2D eigenvalue weighted by Crippen LogP contribution is -2.07. The van der Waals surface area contributed by atoms with Crippen LogP contribution in [0, 0.1) is 0 Å². The number of methoxy groups -OCH3 is 1. The fraction of sp³-hybridized carbons (Fsp3) is 0.167. The molecule has 0 spiro atoms. The van der Waals surface area contributed by atoms with Gasteiger partial charge in [0.15, 0.2) is 0 Å². The molecule has 7 heteroatoms. The molecule has 0 bridgehead atoms. The molecule has 7 nitrogen and oxygen atoms in total. The fourth-order valence-corrected chi connectivity index (χ4v) is 2.68. The Morgan fingerprint density at radius 3 is 2.60 bits per heavy atom. The number of carbonyl (C=O) groups excluding carboxylic acids is 1. The van der Waals surface area contributed by atoms with Gasteiger partial charge in [-0.3, -0.25) is 9.59 Å². The number of benzene rings is 2. The van der Waals surface area contributed by atoms with Gasteiger partial charge in [0, 0.05) is 12.0 Å². The van der Waals surface area contributed by atoms with Crippen LogP contribution < -0.4 is 5.43 Å². The lowest BCUT2D eigenvalue weighted by Gasteiger charge is -2.09. The molecule has 3 aromatic rings. The van der Waals surface area contributed by atoms with Crippen LogP contribution in [-0.2, 0) is 16.0 Å². The van der Waals surface area contributed by atoms with Gasteiger partial charge in [-0.15, -0.1) is 0 Å². The van der Waals surface area contributed by atoms with Gasteiger partial charge in [-0.1, -0.05) is 0 Å². The molecule has 0 fully saturated rings. The monoisotopic (exact) mass is 342 g/mol. The lowest BCUT2D eigenvalue weighted by atomic mass is 10.0. The Morgan fingerprint density at radius 1 is 1.16 bits per heavy atom. The summed E-state index contributed by atoms with van der Waals surface area (Å²) >= 11 is 0. The molecule has 2 N–H and O–H groups in total. The Labute approximate surface area is 141 Å². The van der Waals surface area contributed by atoms with Crippen molar-refractivity contribution in [3.8, 4) is 5.75 Å². The van der Waals surface area contributed by atoms with Crippen LogP contribution >= 0.6 is 0 Å². The summed E-state index contributed by atoms with van der Waals surface area (Å²) in [5.74, 6) is -1.74. The number of fused-ring (bicyclic) bond motifs is 2. The van der Waals surface area contributed by atoms with Gasteiger partial charge in [-0.25, -0.2) is 4.79 Å². The molecule has 1 heterocycles. The highest BCUT2D eigenvalue weighted by Crippen LogP contribution is 2.29. The van der Waals surface area contributed by atoms with E-state index in [1.807, 2.05) is 0 Å². The third-order valence-electron chi connectivity index (χ3n) is 3.93. The number of aromatic hydroxyl groups is 1. The van der Waals surface area contributed by atoms with Crippen LogP contribution in [-0.4, -0.2) is 29.3 Å². The average Bonchev–Trinajstić information content (AvgIpc) is 2.60. The first kappa shape index (κ1) is 16.5. The topological polar surface area (TPSA) is 114 Å². The van der Waals surface area contributed by atoms with Gasteiger partial charge < -0.3 is 19.4 Å². The maximum absolute atomic E-state index is 12.7. The molecule has 1 aromatic heterocycles. The molecule has 128 valence electrons. The molecule has 0 aliphatic rings. The first-order chi connectivity index (χ1) is 11.9. The lowest BCUT2D eigenvalue weighted by molar-refractivity contribution is -0.136. The van der Waals surface area contributed by atoms with E-state index < -0.39 is 11.9 Å². The Bertz CT molecular complexity index is 1060. The first-order valence-electron chi connectivity index (χ1n) is 7.44. The van der Waals surface area contributed by atoms with Crippen molar-refractivity contribution in [3.63, 3.8) is 0 Å². The molecule has 2 aromatic carbocycles. The van der Waals surface area contributed by atoms with Crippen molar-refractivity contribution in [3.05, 3.63) is 51.7 Å². The van der Waals surface area contributed by atoms with Crippen LogP contribution in [0.1, 0.15) is 22.3 Å². The van der Waals surface area contributed by atoms with Crippen molar-refractivity contribution in [2.24, 2.45) is 0 Å². The van der Waals surface area contributed by atoms with Gasteiger partial charge >= 0.3 is 11.9 Å². The summed E-state index contributed by atoms with van der Waals surface area (Å²) in [5, 5.41) is 19.3. The first-order valence-corrected chi connectivity index (χ1v) is 7.44. The van der Waals surface area contributed by atoms with Crippen molar-refractivity contribution in [1.29, 1.82) is 0 Å². The second-order valence-corrected chi connectivity index (χ2v) is 5.47. The molecule has 0 aliphatic heterocycles. The zero-order valence-corrected chi connectivity index (χ0v) is 13.2. The van der Waals surface area contributed by atoms with Crippen LogP contribution in [0.25, 0.3) is 21.9 Å². The van der Waals surface area contributed by atoms with Gasteiger partial charge in [0.25, 0.3) is 0 Å². The maximum atomic E-state index is 12.7. The van der Waals surface area contributed by atoms with Crippen LogP contribution in [0.15, 0.2) is 39.5 Å². The zero-order valence-electron chi connectivity index (χ0n) is 13.2. The van der Waals surface area contributed by atoms with Crippen molar-refractivity contribution in [1.82, 2.24) is 0 Å². The molecular formula is C18H14O7. The van der Waals surface area contributed by atoms with E-state index in [2.05, 4.69) is 4.74 Å². The molecule has 0 radical (unpaired) electrons. The Morgan fingerprint density at radius 2 is 1.92 bits per heavy atom. The van der Waals surface area contributed by atoms with Gasteiger partial charge in [-0.05, 0) is 36.8 Å². The summed E-state index contributed by atoms with van der Waals surface area (Å²) in [6.07, 6.45) is -0.192. The number of ether oxygens (including phenoxy) is 1. The minimum absolute atomic E-state index is 0.0210. The summed E-state index contributed by atoms with van der Waals surface area (Å²) in [5.41, 5.74) is 0.470. The van der Waals surface area contributed by atoms with Gasteiger partial charge in [-0.2, -0.15) is 0 Å². The number of rotatable bonds is 4. The molecular weight excluding hydrogens is 328 g/mol. The van der Waals surface area contributed by atoms with Crippen molar-refractivity contribution < 1.29 is 29.0 Å². The van der Waals surface area contributed by atoms with Gasteiger partial charge in [0.05, 0.1) is 23.4 Å². The molecule has 0 amide bonds. The molecule has 3 rings (SSSR count). The van der Waals surface area contributed by atoms with Gasteiger partial charge in [0.1, 0.15) is 16.9 Å². The van der Waals surface area contributed by atoms with E-state index >= 15 is 0 Å². The molecule has 0 atom stereocenters. The van der Waals surface area contributed by atoms with Crippen molar-refractivity contribution in [2.75, 3.05) is 7.11 Å². The highest BCUT2D eigenvalue weighted by Gasteiger charge is 2.17. The number of aliphatic carboxylic acids is 1. The fourth-order valence-electron chi connectivity index (χ4n) is 2.68. The average molecular weight is 342 g/mol. The molecule has 0 saturated carbocycles. The predicted molar refractivity (Wildman–Crippen MR) is 89.0 cm³/mol. The number of hydrogen-bond acceptors (Lipinski definition) is 6. The summed E-state index contributed by atoms with van der Waals surface area (Å²) < 4.78 is 10.4. The summed E-state index contributed by atoms with van der Waals surface area (Å²) in [6.45, 7) is 0. The molecule has 0 saturated heterocycles. The minimum atomic E-state index is -1.03. The number of hydrogen-bond donors (Lipinski definition) is 2. The maximum Gasteiger partial charge on any atom is 0.337 e. The zero-order chi connectivity index (χ0) is 18.1. The normalized spacial score (nSPS) is 10.9. The van der Waals surface area contributed by atoms with Crippen molar-refractivity contribution in [2.45, 2.75) is 12.8 Å². The second kappa shape index (κ2) is 6.27. The number of aryl methyl sites for hydroxylation is 1. The second-order valence-electron chi connectivity index (χ2n) is 5.47. The van der Waals surface area contributed by atoms with E-state index in [0.29, 0.717) is 0 Å². The summed E-state index contributed by atoms with van der Waals surface area (Å²) in [4.78, 5) is 35.2.